The zero-order valence-corrected chi connectivity index (χ0v) is 14.9. The van der Waals surface area contributed by atoms with Crippen LogP contribution < -0.4 is 5.32 Å². The van der Waals surface area contributed by atoms with Crippen LogP contribution in [0.1, 0.15) is 29.0 Å². The van der Waals surface area contributed by atoms with Gasteiger partial charge in [0.25, 0.3) is 0 Å². The van der Waals surface area contributed by atoms with E-state index in [2.05, 4.69) is 5.32 Å². The highest BCUT2D eigenvalue weighted by Crippen LogP contribution is 2.28. The van der Waals surface area contributed by atoms with Crippen molar-refractivity contribution in [2.75, 3.05) is 13.1 Å². The lowest BCUT2D eigenvalue weighted by molar-refractivity contribution is -0.141. The minimum Gasteiger partial charge on any atom is -0.481 e. The SMILES string of the molecule is O=C(Cc1ccccc1)NCCC(=O)N1Cc2ccccc2C(C(=O)O)C1. The van der Waals surface area contributed by atoms with Gasteiger partial charge in [-0.15, -0.1) is 0 Å². The van der Waals surface area contributed by atoms with Crippen LogP contribution in [0.25, 0.3) is 0 Å². The number of nitrogens with one attached hydrogen (secondary N) is 1. The van der Waals surface area contributed by atoms with Crippen molar-refractivity contribution in [2.45, 2.75) is 25.3 Å². The Balaban J connectivity index is 1.52. The van der Waals surface area contributed by atoms with Crippen molar-refractivity contribution in [3.8, 4) is 0 Å². The summed E-state index contributed by atoms with van der Waals surface area (Å²) >= 11 is 0. The number of rotatable bonds is 6. The Morgan fingerprint density at radius 2 is 1.74 bits per heavy atom. The van der Waals surface area contributed by atoms with Crippen LogP contribution in [-0.4, -0.2) is 40.9 Å². The summed E-state index contributed by atoms with van der Waals surface area (Å²) in [5.74, 6) is -1.94. The molecule has 1 heterocycles. The van der Waals surface area contributed by atoms with Crippen molar-refractivity contribution in [2.24, 2.45) is 0 Å². The molecule has 2 aromatic carbocycles. The minimum absolute atomic E-state index is 0.138. The van der Waals surface area contributed by atoms with Crippen molar-refractivity contribution >= 4 is 17.8 Å². The van der Waals surface area contributed by atoms with Gasteiger partial charge in [-0.25, -0.2) is 0 Å². The van der Waals surface area contributed by atoms with Gasteiger partial charge in [-0.2, -0.15) is 0 Å². The van der Waals surface area contributed by atoms with E-state index >= 15 is 0 Å². The van der Waals surface area contributed by atoms with Crippen molar-refractivity contribution in [3.05, 3.63) is 71.3 Å². The molecule has 2 aromatic rings. The maximum Gasteiger partial charge on any atom is 0.312 e. The number of carbonyl (C=O) groups excluding carboxylic acids is 2. The number of hydrogen-bond acceptors (Lipinski definition) is 3. The number of hydrogen-bond donors (Lipinski definition) is 2. The summed E-state index contributed by atoms with van der Waals surface area (Å²) in [6.07, 6.45) is 0.419. The maximum atomic E-state index is 12.5. The van der Waals surface area contributed by atoms with Crippen molar-refractivity contribution in [3.63, 3.8) is 0 Å². The average Bonchev–Trinajstić information content (AvgIpc) is 2.67. The number of benzene rings is 2. The first-order chi connectivity index (χ1) is 13.0. The standard InChI is InChI=1S/C21H22N2O4/c24-19(12-15-6-2-1-3-7-15)22-11-10-20(25)23-13-16-8-4-5-9-17(16)18(14-23)21(26)27/h1-9,18H,10-14H2,(H,22,24)(H,26,27). The molecule has 1 aliphatic rings. The van der Waals surface area contributed by atoms with Gasteiger partial charge in [-0.3, -0.25) is 14.4 Å². The Kier molecular flexibility index (Phi) is 5.86. The summed E-state index contributed by atoms with van der Waals surface area (Å²) in [6, 6.07) is 16.7. The van der Waals surface area contributed by atoms with Gasteiger partial charge in [0.2, 0.25) is 11.8 Å². The van der Waals surface area contributed by atoms with E-state index in [0.29, 0.717) is 6.54 Å². The second kappa shape index (κ2) is 8.49. The first kappa shape index (κ1) is 18.6. The first-order valence-corrected chi connectivity index (χ1v) is 8.93. The number of amides is 2. The quantitative estimate of drug-likeness (QED) is 0.818. The summed E-state index contributed by atoms with van der Waals surface area (Å²) in [6.45, 7) is 0.792. The topological polar surface area (TPSA) is 86.7 Å². The van der Waals surface area contributed by atoms with E-state index in [4.69, 9.17) is 0 Å². The van der Waals surface area contributed by atoms with Gasteiger partial charge in [0.05, 0.1) is 12.3 Å². The normalized spacial score (nSPS) is 15.7. The third-order valence-corrected chi connectivity index (χ3v) is 4.71. The Bertz CT molecular complexity index is 835. The number of aliphatic carboxylic acids is 1. The Hall–Kier alpha value is -3.15. The summed E-state index contributed by atoms with van der Waals surface area (Å²) < 4.78 is 0. The van der Waals surface area contributed by atoms with E-state index in [1.54, 1.807) is 11.0 Å². The van der Waals surface area contributed by atoms with Gasteiger partial charge in [0.15, 0.2) is 0 Å². The molecule has 6 heteroatoms. The molecule has 0 saturated heterocycles. The maximum absolute atomic E-state index is 12.5. The molecule has 2 N–H and O–H groups in total. The summed E-state index contributed by atoms with van der Waals surface area (Å²) in [5.41, 5.74) is 2.54. The van der Waals surface area contributed by atoms with Crippen molar-refractivity contribution < 1.29 is 19.5 Å². The van der Waals surface area contributed by atoms with Gasteiger partial charge < -0.3 is 15.3 Å². The molecule has 1 atom stereocenters. The van der Waals surface area contributed by atoms with E-state index in [9.17, 15) is 19.5 Å². The zero-order chi connectivity index (χ0) is 19.2. The van der Waals surface area contributed by atoms with E-state index in [-0.39, 0.29) is 37.7 Å². The van der Waals surface area contributed by atoms with E-state index < -0.39 is 11.9 Å². The van der Waals surface area contributed by atoms with Crippen LogP contribution in [0.15, 0.2) is 54.6 Å². The number of fused-ring (bicyclic) bond motifs is 1. The second-order valence-corrected chi connectivity index (χ2v) is 6.63. The van der Waals surface area contributed by atoms with Crippen molar-refractivity contribution in [1.29, 1.82) is 0 Å². The first-order valence-electron chi connectivity index (χ1n) is 8.93. The van der Waals surface area contributed by atoms with Gasteiger partial charge >= 0.3 is 5.97 Å². The largest absolute Gasteiger partial charge is 0.481 e. The molecule has 140 valence electrons. The van der Waals surface area contributed by atoms with Gasteiger partial charge in [0, 0.05) is 26.1 Å². The van der Waals surface area contributed by atoms with E-state index in [1.165, 1.54) is 0 Å². The molecule has 1 aliphatic heterocycles. The minimum atomic E-state index is -0.934. The van der Waals surface area contributed by atoms with Crippen LogP contribution in [0.5, 0.6) is 0 Å². The molecular formula is C21H22N2O4. The van der Waals surface area contributed by atoms with Gasteiger partial charge in [0.1, 0.15) is 0 Å². The Morgan fingerprint density at radius 3 is 2.48 bits per heavy atom. The lowest BCUT2D eigenvalue weighted by Gasteiger charge is -2.33. The predicted molar refractivity (Wildman–Crippen MR) is 100 cm³/mol. The fraction of sp³-hybridized carbons (Fsp3) is 0.286. The highest BCUT2D eigenvalue weighted by atomic mass is 16.4. The third-order valence-electron chi connectivity index (χ3n) is 4.71. The molecule has 27 heavy (non-hydrogen) atoms. The number of carbonyl (C=O) groups is 3. The monoisotopic (exact) mass is 366 g/mol. The van der Waals surface area contributed by atoms with Crippen LogP contribution >= 0.6 is 0 Å². The summed E-state index contributed by atoms with van der Waals surface area (Å²) in [5, 5.41) is 12.2. The van der Waals surface area contributed by atoms with Crippen LogP contribution in [0.4, 0.5) is 0 Å². The third kappa shape index (κ3) is 4.73. The average molecular weight is 366 g/mol. The molecule has 6 nitrogen and oxygen atoms in total. The predicted octanol–water partition coefficient (Wildman–Crippen LogP) is 1.95. The van der Waals surface area contributed by atoms with E-state index in [0.717, 1.165) is 16.7 Å². The molecule has 0 bridgehead atoms. The number of nitrogens with zero attached hydrogens (tertiary/aromatic N) is 1. The van der Waals surface area contributed by atoms with Crippen LogP contribution in [0.3, 0.4) is 0 Å². The van der Waals surface area contributed by atoms with Crippen LogP contribution in [-0.2, 0) is 27.3 Å². The molecule has 2 amide bonds. The molecule has 0 spiro atoms. The molecule has 1 unspecified atom stereocenters. The molecule has 0 saturated carbocycles. The molecule has 3 rings (SSSR count). The Morgan fingerprint density at radius 1 is 1.04 bits per heavy atom. The van der Waals surface area contributed by atoms with Gasteiger partial charge in [-0.1, -0.05) is 54.6 Å². The van der Waals surface area contributed by atoms with Crippen LogP contribution in [0, 0.1) is 0 Å². The molecule has 0 fully saturated rings. The summed E-state index contributed by atoms with van der Waals surface area (Å²) in [4.78, 5) is 37.6. The lowest BCUT2D eigenvalue weighted by atomic mass is 9.89. The number of carboxylic acid groups (broad SMARTS) is 1. The Labute approximate surface area is 157 Å². The molecule has 0 radical (unpaired) electrons. The summed E-state index contributed by atoms with van der Waals surface area (Å²) in [7, 11) is 0. The van der Waals surface area contributed by atoms with Crippen LogP contribution in [0.2, 0.25) is 0 Å². The highest BCUT2D eigenvalue weighted by Gasteiger charge is 2.32. The van der Waals surface area contributed by atoms with E-state index in [1.807, 2.05) is 48.5 Å². The van der Waals surface area contributed by atoms with Gasteiger partial charge in [-0.05, 0) is 16.7 Å². The molecule has 0 aromatic heterocycles. The number of carboxylic acids is 1. The lowest BCUT2D eigenvalue weighted by Crippen LogP contribution is -2.41. The fourth-order valence-corrected chi connectivity index (χ4v) is 3.32. The molecule has 0 aliphatic carbocycles. The fourth-order valence-electron chi connectivity index (χ4n) is 3.32. The molecular weight excluding hydrogens is 344 g/mol. The van der Waals surface area contributed by atoms with Crippen molar-refractivity contribution in [1.82, 2.24) is 10.2 Å². The second-order valence-electron chi connectivity index (χ2n) is 6.63. The smallest absolute Gasteiger partial charge is 0.312 e. The zero-order valence-electron chi connectivity index (χ0n) is 14.9. The highest BCUT2D eigenvalue weighted by molar-refractivity contribution is 5.82.